The normalized spacial score (nSPS) is 45.3. The summed E-state index contributed by atoms with van der Waals surface area (Å²) in [6.07, 6.45) is 47.5. The first kappa shape index (κ1) is 96.3. The SMILES string of the molecule is CN(C)CCNC1CC[C@@]2(C)C(CC[C@@H]3[C@@H]2CC[C@]2(C)[C@@H](c4ccc(=O)oc4)CC[C@]32O)C1.C[C@]12CCC(N)C=C1CC[C@@H]1[C@@H]2CC[C@]2(C)[C@@H](c3ccc(=O)oc3)CC[C@]12O.C[C@]12CCC(NCCN3CCOCC3)CC1CC[C@@H]1[C@@H]2CC[C@]2(C)[C@@H](c3ccc(=O)oc3)CC[C@]12O.C[C@]12CC[C@H](NC(=O)N3CCNCC3)C[C@H]1CC[C@@H]1[C@@H]2CC[C@]2(C)[C@@H](c3ccc(=O)oc3)CC[C@]12O. The van der Waals surface area contributed by atoms with Gasteiger partial charge < -0.3 is 79.6 Å². The predicted molar refractivity (Wildman–Crippen MR) is 518 cm³/mol. The number of nitrogens with one attached hydrogen (secondary N) is 4. The van der Waals surface area contributed by atoms with E-state index in [-0.39, 0.29) is 96.8 Å². The summed E-state index contributed by atoms with van der Waals surface area (Å²) in [7, 11) is 4.29. The van der Waals surface area contributed by atoms with Crippen LogP contribution < -0.4 is 49.5 Å². The molecule has 16 aliphatic carbocycles. The summed E-state index contributed by atoms with van der Waals surface area (Å²) >= 11 is 0. The highest BCUT2D eigenvalue weighted by Gasteiger charge is 2.73. The molecule has 0 spiro atoms. The van der Waals surface area contributed by atoms with Gasteiger partial charge in [0, 0.05) is 136 Å². The summed E-state index contributed by atoms with van der Waals surface area (Å²) < 4.78 is 26.4. The largest absolute Gasteiger partial charge is 0.431 e. The first-order chi connectivity index (χ1) is 63.5. The zero-order chi connectivity index (χ0) is 93.3. The minimum absolute atomic E-state index is 0.107. The average Bonchev–Trinajstić information content (AvgIpc) is 1.54. The number of urea groups is 1. The Bertz CT molecular complexity index is 4980. The molecule has 5 unspecified atom stereocenters. The molecule has 17 fully saturated rings. The van der Waals surface area contributed by atoms with Crippen LogP contribution in [0.5, 0.6) is 0 Å². The van der Waals surface area contributed by atoms with Crippen LogP contribution in [-0.4, -0.2) is 180 Å². The third-order valence-electron chi connectivity index (χ3n) is 44.1. The fraction of sp³-hybridized carbons (Fsp3) is 0.793. The van der Waals surface area contributed by atoms with Gasteiger partial charge in [0.05, 0.1) is 60.7 Å². The highest BCUT2D eigenvalue weighted by Crippen LogP contribution is 2.76. The number of ether oxygens (including phenoxy) is 1. The van der Waals surface area contributed by atoms with E-state index in [0.717, 1.165) is 267 Å². The van der Waals surface area contributed by atoms with Crippen LogP contribution in [0.25, 0.3) is 0 Å². The van der Waals surface area contributed by atoms with E-state index in [4.69, 9.17) is 28.1 Å². The number of likely N-dealkylation sites (N-methyl/N-ethyl adjacent to an activating group) is 1. The number of carbonyl (C=O) groups is 1. The van der Waals surface area contributed by atoms with Gasteiger partial charge in [0.2, 0.25) is 0 Å². The van der Waals surface area contributed by atoms with Crippen molar-refractivity contribution in [1.29, 1.82) is 0 Å². The molecule has 18 aliphatic rings. The third kappa shape index (κ3) is 16.7. The van der Waals surface area contributed by atoms with E-state index in [9.17, 15) is 44.4 Å². The number of morpholine rings is 1. The number of carbonyl (C=O) groups excluding carboxylic acids is 1. The lowest BCUT2D eigenvalue weighted by Crippen LogP contribution is -2.62. The maximum Gasteiger partial charge on any atom is 0.335 e. The minimum atomic E-state index is -0.669. The Morgan fingerprint density at radius 2 is 0.789 bits per heavy atom. The van der Waals surface area contributed by atoms with Gasteiger partial charge in [-0.2, -0.15) is 0 Å². The van der Waals surface area contributed by atoms with Crippen LogP contribution in [0.2, 0.25) is 0 Å². The molecule has 22 heteroatoms. The molecule has 22 rings (SSSR count). The topological polar surface area (TPSA) is 312 Å². The van der Waals surface area contributed by atoms with Crippen molar-refractivity contribution in [2.75, 3.05) is 92.8 Å². The molecule has 0 aromatic carbocycles. The van der Waals surface area contributed by atoms with Crippen LogP contribution in [-0.2, 0) is 4.74 Å². The van der Waals surface area contributed by atoms with Crippen LogP contribution in [0.3, 0.4) is 0 Å². The molecule has 0 radical (unpaired) electrons. The summed E-state index contributed by atoms with van der Waals surface area (Å²) in [5.74, 6) is 6.97. The number of piperazine rings is 1. The van der Waals surface area contributed by atoms with Crippen molar-refractivity contribution in [3.8, 4) is 0 Å². The molecule has 6 heterocycles. The van der Waals surface area contributed by atoms with Crippen molar-refractivity contribution in [1.82, 2.24) is 36.0 Å². The zero-order valence-corrected chi connectivity index (χ0v) is 82.5. The molecule has 15 saturated carbocycles. The van der Waals surface area contributed by atoms with E-state index in [0.29, 0.717) is 76.2 Å². The standard InChI is InChI=1S/C30H46N2O4.C29H43N3O4.C28H44N2O3.C24H33NO3/c1-28-10-7-23(31-13-14-32-15-17-35-18-16-32)19-22(28)4-5-26-25(28)8-11-29(2)24(9-12-30(26,29)34)21-3-6-27(33)36-20-21;1-27-10-7-21(31-26(34)32-15-13-30-14-16-32)17-20(27)4-5-24-23(27)8-11-28(2)22(9-12-29(24,28)35)19-3-6-25(33)36-18-19;1-26-12-9-21(29-15-16-30(3)4)17-20(26)6-7-24-23(26)10-13-27(2)22(11-14-28(24,27)32)19-5-8-25(31)33-18-19;1-22-10-7-17(25)13-16(22)4-5-20-19(22)8-11-23(2)18(9-12-24(20,23)27)15-3-6-21(26)28-14-15/h3,6,20,22-26,31,34H,4-5,7-19H2,1-2H3;3,6,18,20-24,30,35H,4-5,7-17H2,1-2H3,(H,31,34);5,8,18,20-24,29,32H,6-7,9-17H2,1-4H3;3,6,13-14,17-20,27H,4-5,7-12,25H2,1-2H3/t22?,23?,24-,25+,26-,28+,29-,30+;20-,21+,22-,23+,24-,27+,28-,29+;20?,21?,22-,23+,24-,26+,27-,28+;17?,18-,19+,20-,22+,23-,24+/m1111/s1. The van der Waals surface area contributed by atoms with E-state index in [2.05, 4.69) is 107 Å². The summed E-state index contributed by atoms with van der Waals surface area (Å²) in [4.78, 5) is 65.6. The highest BCUT2D eigenvalue weighted by molar-refractivity contribution is 5.74. The summed E-state index contributed by atoms with van der Waals surface area (Å²) in [5.41, 5.74) is 8.90. The van der Waals surface area contributed by atoms with Crippen molar-refractivity contribution in [2.24, 2.45) is 114 Å². The lowest BCUT2D eigenvalue weighted by Gasteiger charge is -2.64. The molecule has 31 atom stereocenters. The third-order valence-corrected chi connectivity index (χ3v) is 44.1. The lowest BCUT2D eigenvalue weighted by molar-refractivity contribution is -0.202. The number of nitrogens with two attached hydrogens (primary N) is 1. The molecule has 2 amide bonds. The molecule has 10 N–H and O–H groups in total. The Morgan fingerprint density at radius 1 is 0.421 bits per heavy atom. The molecule has 2 saturated heterocycles. The zero-order valence-electron chi connectivity index (χ0n) is 82.5. The summed E-state index contributed by atoms with van der Waals surface area (Å²) in [6, 6.07) is 15.7. The quantitative estimate of drug-likeness (QED) is 0.0562. The fourth-order valence-electron chi connectivity index (χ4n) is 36.2. The van der Waals surface area contributed by atoms with Crippen molar-refractivity contribution in [3.05, 3.63) is 149 Å². The van der Waals surface area contributed by atoms with Crippen LogP contribution in [0, 0.1) is 108 Å². The van der Waals surface area contributed by atoms with Gasteiger partial charge in [0.15, 0.2) is 0 Å². The first-order valence-electron chi connectivity index (χ1n) is 53.4. The Morgan fingerprint density at radius 3 is 1.17 bits per heavy atom. The number of amides is 2. The minimum Gasteiger partial charge on any atom is -0.431 e. The molecule has 0 bridgehead atoms. The Labute approximate surface area is 791 Å². The molecule has 2 aliphatic heterocycles. The van der Waals surface area contributed by atoms with Crippen molar-refractivity contribution in [2.45, 2.75) is 350 Å². The van der Waals surface area contributed by atoms with Crippen LogP contribution in [0.1, 0.15) is 326 Å². The van der Waals surface area contributed by atoms with E-state index in [1.54, 1.807) is 42.8 Å². The van der Waals surface area contributed by atoms with Gasteiger partial charge in [-0.3, -0.25) is 4.90 Å². The van der Waals surface area contributed by atoms with Gasteiger partial charge in [-0.25, -0.2) is 24.0 Å². The molecule has 4 aromatic heterocycles. The maximum absolute atomic E-state index is 12.8. The van der Waals surface area contributed by atoms with Crippen LogP contribution in [0.15, 0.2) is 122 Å². The number of rotatable bonds is 13. The Balaban J connectivity index is 0.000000115. The van der Waals surface area contributed by atoms with Gasteiger partial charge >= 0.3 is 28.5 Å². The second-order valence-electron chi connectivity index (χ2n) is 49.2. The molecule has 4 aromatic rings. The number of hydrogen-bond donors (Lipinski definition) is 9. The predicted octanol–water partition coefficient (Wildman–Crippen LogP) is 16.6. The number of allylic oxidation sites excluding steroid dienone is 1. The number of hydrogen-bond acceptors (Lipinski definition) is 20. The number of aliphatic hydroxyl groups is 4. The van der Waals surface area contributed by atoms with Gasteiger partial charge in [-0.05, 0) is 396 Å². The maximum atomic E-state index is 12.8. The smallest absolute Gasteiger partial charge is 0.335 e. The second-order valence-corrected chi connectivity index (χ2v) is 49.2. The van der Waals surface area contributed by atoms with Gasteiger partial charge in [0.25, 0.3) is 0 Å². The molecular formula is C111H166N8O14. The first-order valence-corrected chi connectivity index (χ1v) is 53.4. The summed E-state index contributed by atoms with van der Waals surface area (Å²) in [6.45, 7) is 30.9. The second kappa shape index (κ2) is 37.1. The van der Waals surface area contributed by atoms with E-state index >= 15 is 0 Å². The highest BCUT2D eigenvalue weighted by atomic mass is 16.5. The Kier molecular flexibility index (Phi) is 26.9. The van der Waals surface area contributed by atoms with Crippen LogP contribution in [0.4, 0.5) is 4.79 Å². The van der Waals surface area contributed by atoms with Gasteiger partial charge in [-0.15, -0.1) is 0 Å². The van der Waals surface area contributed by atoms with Crippen LogP contribution >= 0.6 is 0 Å². The average molecular weight is 1840 g/mol. The molecular weight excluding hydrogens is 1670 g/mol. The van der Waals surface area contributed by atoms with E-state index < -0.39 is 22.4 Å². The monoisotopic (exact) mass is 1840 g/mol. The van der Waals surface area contributed by atoms with Gasteiger partial charge in [-0.1, -0.05) is 67.0 Å². The number of nitrogens with zero attached hydrogens (tertiary/aromatic N) is 3. The van der Waals surface area contributed by atoms with Crippen molar-refractivity contribution < 1.29 is 47.6 Å². The van der Waals surface area contributed by atoms with Gasteiger partial charge in [0.1, 0.15) is 0 Å². The molecule has 22 nitrogen and oxygen atoms in total. The Hall–Kier alpha value is -5.63. The van der Waals surface area contributed by atoms with Crippen molar-refractivity contribution in [3.63, 3.8) is 0 Å². The van der Waals surface area contributed by atoms with Crippen molar-refractivity contribution >= 4 is 6.03 Å². The van der Waals surface area contributed by atoms with E-state index in [1.807, 2.05) is 29.2 Å². The summed E-state index contributed by atoms with van der Waals surface area (Å²) in [5, 5.41) is 63.8. The molecule has 734 valence electrons. The van der Waals surface area contributed by atoms with E-state index in [1.165, 1.54) is 82.8 Å². The fourth-order valence-corrected chi connectivity index (χ4v) is 36.2. The number of fused-ring (bicyclic) bond motifs is 20. The molecule has 133 heavy (non-hydrogen) atoms. The lowest BCUT2D eigenvalue weighted by atomic mass is 9.43.